The lowest BCUT2D eigenvalue weighted by Gasteiger charge is -1.99. The van der Waals surface area contributed by atoms with E-state index in [0.717, 1.165) is 6.54 Å². The molecule has 2 rings (SSSR count). The van der Waals surface area contributed by atoms with Gasteiger partial charge in [0.25, 0.3) is 0 Å². The van der Waals surface area contributed by atoms with Crippen LogP contribution in [0, 0.1) is 6.42 Å². The van der Waals surface area contributed by atoms with Crippen molar-refractivity contribution in [3.05, 3.63) is 55.0 Å². The van der Waals surface area contributed by atoms with E-state index in [9.17, 15) is 0 Å². The lowest BCUT2D eigenvalue weighted by molar-refractivity contribution is 0.677. The SMILES string of the molecule is [CH](Cn1cncn1)c1ccccc1. The monoisotopic (exact) mass is 172 g/mol. The Morgan fingerprint density at radius 2 is 2.08 bits per heavy atom. The van der Waals surface area contributed by atoms with Gasteiger partial charge in [-0.2, -0.15) is 5.10 Å². The summed E-state index contributed by atoms with van der Waals surface area (Å²) in [5.74, 6) is 0. The number of aromatic nitrogens is 3. The molecule has 1 aromatic heterocycles. The van der Waals surface area contributed by atoms with E-state index in [4.69, 9.17) is 0 Å². The summed E-state index contributed by atoms with van der Waals surface area (Å²) in [5, 5.41) is 4.01. The van der Waals surface area contributed by atoms with Gasteiger partial charge < -0.3 is 0 Å². The first-order chi connectivity index (χ1) is 6.45. The molecule has 0 aliphatic rings. The maximum atomic E-state index is 4.01. The number of hydrogen-bond acceptors (Lipinski definition) is 2. The van der Waals surface area contributed by atoms with Crippen LogP contribution in [-0.4, -0.2) is 14.8 Å². The zero-order chi connectivity index (χ0) is 8.93. The maximum Gasteiger partial charge on any atom is 0.137 e. The Morgan fingerprint density at radius 3 is 2.77 bits per heavy atom. The molecule has 0 atom stereocenters. The molecule has 0 saturated heterocycles. The minimum Gasteiger partial charge on any atom is -0.252 e. The normalized spacial score (nSPS) is 10.2. The fraction of sp³-hybridized carbons (Fsp3) is 0.100. The van der Waals surface area contributed by atoms with Gasteiger partial charge in [-0.25, -0.2) is 4.98 Å². The summed E-state index contributed by atoms with van der Waals surface area (Å²) in [4.78, 5) is 3.87. The molecule has 13 heavy (non-hydrogen) atoms. The summed E-state index contributed by atoms with van der Waals surface area (Å²) < 4.78 is 1.78. The Balaban J connectivity index is 1.94. The standard InChI is InChI=1S/C10H10N3/c1-2-4-10(5-3-1)6-7-13-9-11-8-12-13/h1-6,8-9H,7H2. The van der Waals surface area contributed by atoms with E-state index >= 15 is 0 Å². The van der Waals surface area contributed by atoms with E-state index in [2.05, 4.69) is 28.6 Å². The number of hydrogen-bond donors (Lipinski definition) is 0. The molecular formula is C10H10N3. The lowest BCUT2D eigenvalue weighted by atomic mass is 10.2. The summed E-state index contributed by atoms with van der Waals surface area (Å²) in [6.07, 6.45) is 5.35. The highest BCUT2D eigenvalue weighted by atomic mass is 15.3. The van der Waals surface area contributed by atoms with Crippen LogP contribution in [0.25, 0.3) is 0 Å². The van der Waals surface area contributed by atoms with Gasteiger partial charge in [-0.05, 0) is 5.56 Å². The molecule has 2 aromatic rings. The summed E-state index contributed by atoms with van der Waals surface area (Å²) in [6.45, 7) is 0.768. The average molecular weight is 172 g/mol. The molecule has 3 heteroatoms. The first-order valence-electron chi connectivity index (χ1n) is 4.16. The molecule has 0 N–H and O–H groups in total. The number of rotatable bonds is 3. The van der Waals surface area contributed by atoms with Crippen LogP contribution >= 0.6 is 0 Å². The van der Waals surface area contributed by atoms with Crippen LogP contribution in [0.3, 0.4) is 0 Å². The zero-order valence-corrected chi connectivity index (χ0v) is 7.17. The second-order valence-electron chi connectivity index (χ2n) is 2.73. The zero-order valence-electron chi connectivity index (χ0n) is 7.17. The van der Waals surface area contributed by atoms with E-state index in [1.807, 2.05) is 18.2 Å². The van der Waals surface area contributed by atoms with Gasteiger partial charge in [-0.3, -0.25) is 4.68 Å². The Kier molecular flexibility index (Phi) is 2.36. The fourth-order valence-corrected chi connectivity index (χ4v) is 1.12. The van der Waals surface area contributed by atoms with Gasteiger partial charge in [-0.1, -0.05) is 30.3 Å². The third-order valence-corrected chi connectivity index (χ3v) is 1.78. The Bertz CT molecular complexity index is 340. The molecule has 0 amide bonds. The second-order valence-corrected chi connectivity index (χ2v) is 2.73. The summed E-state index contributed by atoms with van der Waals surface area (Å²) in [6, 6.07) is 10.2. The Labute approximate surface area is 77.0 Å². The van der Waals surface area contributed by atoms with Crippen molar-refractivity contribution in [2.45, 2.75) is 6.54 Å². The van der Waals surface area contributed by atoms with Crippen LogP contribution in [0.4, 0.5) is 0 Å². The van der Waals surface area contributed by atoms with E-state index in [1.165, 1.54) is 5.56 Å². The van der Waals surface area contributed by atoms with Crippen LogP contribution in [0.1, 0.15) is 5.56 Å². The van der Waals surface area contributed by atoms with Crippen molar-refractivity contribution in [1.82, 2.24) is 14.8 Å². The smallest absolute Gasteiger partial charge is 0.137 e. The van der Waals surface area contributed by atoms with Crippen LogP contribution in [0.15, 0.2) is 43.0 Å². The molecule has 1 heterocycles. The van der Waals surface area contributed by atoms with Gasteiger partial charge >= 0.3 is 0 Å². The third-order valence-electron chi connectivity index (χ3n) is 1.78. The summed E-state index contributed by atoms with van der Waals surface area (Å²) in [7, 11) is 0. The summed E-state index contributed by atoms with van der Waals surface area (Å²) in [5.41, 5.74) is 1.21. The molecule has 3 nitrogen and oxygen atoms in total. The topological polar surface area (TPSA) is 30.7 Å². The molecule has 0 aliphatic carbocycles. The van der Waals surface area contributed by atoms with Crippen LogP contribution in [0.5, 0.6) is 0 Å². The van der Waals surface area contributed by atoms with Crippen molar-refractivity contribution in [2.24, 2.45) is 0 Å². The van der Waals surface area contributed by atoms with E-state index in [1.54, 1.807) is 17.3 Å². The predicted molar refractivity (Wildman–Crippen MR) is 49.9 cm³/mol. The van der Waals surface area contributed by atoms with Gasteiger partial charge in [0.1, 0.15) is 12.7 Å². The van der Waals surface area contributed by atoms with Crippen molar-refractivity contribution < 1.29 is 0 Å². The molecule has 0 spiro atoms. The van der Waals surface area contributed by atoms with E-state index < -0.39 is 0 Å². The molecular weight excluding hydrogens is 162 g/mol. The molecule has 0 fully saturated rings. The van der Waals surface area contributed by atoms with Gasteiger partial charge in [0, 0.05) is 6.42 Å². The molecule has 0 unspecified atom stereocenters. The van der Waals surface area contributed by atoms with Crippen LogP contribution in [-0.2, 0) is 6.54 Å². The minimum atomic E-state index is 0.768. The molecule has 65 valence electrons. The highest BCUT2D eigenvalue weighted by Gasteiger charge is 1.93. The Morgan fingerprint density at radius 1 is 1.23 bits per heavy atom. The maximum absolute atomic E-state index is 4.01. The van der Waals surface area contributed by atoms with Gasteiger partial charge in [0.05, 0.1) is 6.54 Å². The van der Waals surface area contributed by atoms with Gasteiger partial charge in [0.15, 0.2) is 0 Å². The van der Waals surface area contributed by atoms with E-state index in [-0.39, 0.29) is 0 Å². The third kappa shape index (κ3) is 2.15. The quantitative estimate of drug-likeness (QED) is 0.703. The largest absolute Gasteiger partial charge is 0.252 e. The molecule has 0 saturated carbocycles. The van der Waals surface area contributed by atoms with E-state index in [0.29, 0.717) is 0 Å². The van der Waals surface area contributed by atoms with Crippen molar-refractivity contribution >= 4 is 0 Å². The number of benzene rings is 1. The summed E-state index contributed by atoms with van der Waals surface area (Å²) >= 11 is 0. The molecule has 0 aliphatic heterocycles. The molecule has 1 aromatic carbocycles. The first-order valence-corrected chi connectivity index (χ1v) is 4.16. The van der Waals surface area contributed by atoms with Gasteiger partial charge in [0.2, 0.25) is 0 Å². The Hall–Kier alpha value is -1.64. The van der Waals surface area contributed by atoms with Crippen molar-refractivity contribution in [2.75, 3.05) is 0 Å². The highest BCUT2D eigenvalue weighted by molar-refractivity contribution is 5.21. The second kappa shape index (κ2) is 3.85. The highest BCUT2D eigenvalue weighted by Crippen LogP contribution is 2.02. The van der Waals surface area contributed by atoms with Crippen molar-refractivity contribution in [1.29, 1.82) is 0 Å². The van der Waals surface area contributed by atoms with Crippen LogP contribution in [0.2, 0.25) is 0 Å². The van der Waals surface area contributed by atoms with Crippen LogP contribution < -0.4 is 0 Å². The first kappa shape index (κ1) is 7.98. The average Bonchev–Trinajstić information content (AvgIpc) is 2.69. The van der Waals surface area contributed by atoms with Gasteiger partial charge in [-0.15, -0.1) is 0 Å². The minimum absolute atomic E-state index is 0.768. The number of nitrogens with zero attached hydrogens (tertiary/aromatic N) is 3. The molecule has 0 bridgehead atoms. The lowest BCUT2D eigenvalue weighted by Crippen LogP contribution is -1.99. The predicted octanol–water partition coefficient (Wildman–Crippen LogP) is 1.53. The molecule has 1 radical (unpaired) electrons. The van der Waals surface area contributed by atoms with Crippen molar-refractivity contribution in [3.63, 3.8) is 0 Å². The van der Waals surface area contributed by atoms with Crippen molar-refractivity contribution in [3.8, 4) is 0 Å². The fourth-order valence-electron chi connectivity index (χ4n) is 1.12.